The van der Waals surface area contributed by atoms with Gasteiger partial charge >= 0.3 is 0 Å². The van der Waals surface area contributed by atoms with Crippen molar-refractivity contribution < 1.29 is 15.3 Å². The van der Waals surface area contributed by atoms with Crippen molar-refractivity contribution >= 4 is 17.7 Å². The number of halogens is 1. The Hall–Kier alpha value is -1.29. The summed E-state index contributed by atoms with van der Waals surface area (Å²) in [4.78, 5) is 0. The highest BCUT2D eigenvalue weighted by molar-refractivity contribution is 6.32. The molecule has 0 radical (unpaired) electrons. The van der Waals surface area contributed by atoms with Gasteiger partial charge in [-0.2, -0.15) is 0 Å². The van der Waals surface area contributed by atoms with Gasteiger partial charge in [0.15, 0.2) is 0 Å². The number of aromatic hydroxyl groups is 1. The monoisotopic (exact) mass is 352 g/mol. The quantitative estimate of drug-likeness (QED) is 0.559. The summed E-state index contributed by atoms with van der Waals surface area (Å²) in [7, 11) is 0. The van der Waals surface area contributed by atoms with Crippen LogP contribution >= 0.6 is 11.6 Å². The second-order valence-electron chi connectivity index (χ2n) is 6.52. The molecule has 0 aromatic heterocycles. The van der Waals surface area contributed by atoms with E-state index in [9.17, 15) is 15.3 Å². The Bertz CT molecular complexity index is 566. The molecule has 0 heterocycles. The van der Waals surface area contributed by atoms with E-state index < -0.39 is 12.2 Å². The van der Waals surface area contributed by atoms with E-state index in [1.807, 2.05) is 19.9 Å². The maximum atomic E-state index is 10.4. The lowest BCUT2D eigenvalue weighted by atomic mass is 9.86. The van der Waals surface area contributed by atoms with Crippen LogP contribution in [-0.2, 0) is 0 Å². The Morgan fingerprint density at radius 3 is 2.46 bits per heavy atom. The first-order chi connectivity index (χ1) is 11.3. The first-order valence-corrected chi connectivity index (χ1v) is 8.84. The number of hydrogen-bond donors (Lipinski definition) is 3. The normalized spacial score (nSPS) is 16.0. The Balaban J connectivity index is 2.78. The lowest BCUT2D eigenvalue weighted by Gasteiger charge is -2.27. The molecule has 1 aromatic rings. The van der Waals surface area contributed by atoms with Gasteiger partial charge in [0, 0.05) is 5.92 Å². The van der Waals surface area contributed by atoms with E-state index in [0.29, 0.717) is 17.9 Å². The first-order valence-electron chi connectivity index (χ1n) is 8.46. The minimum absolute atomic E-state index is 0.0691. The molecule has 0 aliphatic heterocycles. The zero-order valence-corrected chi connectivity index (χ0v) is 15.5. The summed E-state index contributed by atoms with van der Waals surface area (Å²) in [6.07, 6.45) is 4.51. The van der Waals surface area contributed by atoms with Crippen molar-refractivity contribution in [2.24, 2.45) is 11.8 Å². The zero-order chi connectivity index (χ0) is 18.3. The molecule has 4 heteroatoms. The van der Waals surface area contributed by atoms with E-state index in [-0.39, 0.29) is 17.6 Å². The van der Waals surface area contributed by atoms with Crippen LogP contribution in [0.4, 0.5) is 0 Å². The molecule has 0 amide bonds. The van der Waals surface area contributed by atoms with Gasteiger partial charge in [-0.25, -0.2) is 0 Å². The first kappa shape index (κ1) is 20.8. The number of rotatable bonds is 9. The van der Waals surface area contributed by atoms with Crippen molar-refractivity contribution in [2.75, 3.05) is 0 Å². The highest BCUT2D eigenvalue weighted by atomic mass is 35.5. The number of aliphatic hydroxyl groups excluding tert-OH is 2. The summed E-state index contributed by atoms with van der Waals surface area (Å²) in [6.45, 7) is 9.66. The molecule has 1 aromatic carbocycles. The minimum atomic E-state index is -0.634. The summed E-state index contributed by atoms with van der Waals surface area (Å²) in [6, 6.07) is 4.90. The summed E-state index contributed by atoms with van der Waals surface area (Å²) >= 11 is 6.14. The second-order valence-corrected chi connectivity index (χ2v) is 6.92. The number of hydrogen-bond acceptors (Lipinski definition) is 3. The van der Waals surface area contributed by atoms with Gasteiger partial charge < -0.3 is 15.3 Å². The Labute approximate surface area is 150 Å². The van der Waals surface area contributed by atoms with Gasteiger partial charge in [-0.3, -0.25) is 0 Å². The van der Waals surface area contributed by atoms with Crippen LogP contribution in [0, 0.1) is 11.8 Å². The third kappa shape index (κ3) is 5.97. The van der Waals surface area contributed by atoms with Crippen LogP contribution in [0.25, 0.3) is 6.08 Å². The number of allylic oxidation sites excluding steroid dienone is 1. The molecule has 0 bridgehead atoms. The maximum absolute atomic E-state index is 10.4. The van der Waals surface area contributed by atoms with Crippen LogP contribution in [0.2, 0.25) is 5.02 Å². The SMILES string of the molecule is C=C[C@H]([C@H](O)CC/C(=C/c1ccc(O)cc1Cl)CC)[C@H](O)C(C)C. The average molecular weight is 353 g/mol. The lowest BCUT2D eigenvalue weighted by Crippen LogP contribution is -2.33. The molecule has 0 aliphatic rings. The number of phenolic OH excluding ortho intramolecular Hbond substituents is 1. The highest BCUT2D eigenvalue weighted by Crippen LogP contribution is 2.27. The molecule has 0 fully saturated rings. The lowest BCUT2D eigenvalue weighted by molar-refractivity contribution is 0.00885. The van der Waals surface area contributed by atoms with E-state index in [2.05, 4.69) is 13.5 Å². The second kappa shape index (κ2) is 9.87. The van der Waals surface area contributed by atoms with E-state index in [4.69, 9.17) is 11.6 Å². The minimum Gasteiger partial charge on any atom is -0.508 e. The van der Waals surface area contributed by atoms with Gasteiger partial charge in [-0.15, -0.1) is 6.58 Å². The number of benzene rings is 1. The van der Waals surface area contributed by atoms with Gasteiger partial charge in [0.05, 0.1) is 17.2 Å². The van der Waals surface area contributed by atoms with Crippen molar-refractivity contribution in [1.82, 2.24) is 0 Å². The fourth-order valence-corrected chi connectivity index (χ4v) is 2.93. The summed E-state index contributed by atoms with van der Waals surface area (Å²) < 4.78 is 0. The van der Waals surface area contributed by atoms with Gasteiger partial charge in [0.25, 0.3) is 0 Å². The molecule has 0 unspecified atom stereocenters. The third-order valence-corrected chi connectivity index (χ3v) is 4.68. The van der Waals surface area contributed by atoms with Gasteiger partial charge in [0.1, 0.15) is 5.75 Å². The fraction of sp³-hybridized carbons (Fsp3) is 0.500. The van der Waals surface area contributed by atoms with Crippen LogP contribution in [0.1, 0.15) is 45.6 Å². The largest absolute Gasteiger partial charge is 0.508 e. The molecule has 3 atom stereocenters. The predicted octanol–water partition coefficient (Wildman–Crippen LogP) is 4.80. The van der Waals surface area contributed by atoms with Crippen molar-refractivity contribution in [3.05, 3.63) is 47.0 Å². The van der Waals surface area contributed by atoms with Gasteiger partial charge in [-0.1, -0.05) is 50.1 Å². The molecule has 0 saturated carbocycles. The van der Waals surface area contributed by atoms with Crippen LogP contribution in [0.15, 0.2) is 36.4 Å². The third-order valence-electron chi connectivity index (χ3n) is 4.35. The molecule has 0 aliphatic carbocycles. The zero-order valence-electron chi connectivity index (χ0n) is 14.7. The molecule has 3 nitrogen and oxygen atoms in total. The molecule has 3 N–H and O–H groups in total. The molecule has 24 heavy (non-hydrogen) atoms. The predicted molar refractivity (Wildman–Crippen MR) is 101 cm³/mol. The highest BCUT2D eigenvalue weighted by Gasteiger charge is 2.26. The van der Waals surface area contributed by atoms with Crippen LogP contribution in [0.3, 0.4) is 0 Å². The van der Waals surface area contributed by atoms with Crippen LogP contribution in [0.5, 0.6) is 5.75 Å². The van der Waals surface area contributed by atoms with Crippen molar-refractivity contribution in [3.8, 4) is 5.75 Å². The van der Waals surface area contributed by atoms with Crippen molar-refractivity contribution in [3.63, 3.8) is 0 Å². The molecule has 1 rings (SSSR count). The van der Waals surface area contributed by atoms with Crippen molar-refractivity contribution in [1.29, 1.82) is 0 Å². The molecular weight excluding hydrogens is 324 g/mol. The van der Waals surface area contributed by atoms with E-state index in [1.165, 1.54) is 6.07 Å². The maximum Gasteiger partial charge on any atom is 0.117 e. The fourth-order valence-electron chi connectivity index (χ4n) is 2.70. The number of phenols is 1. The van der Waals surface area contributed by atoms with E-state index in [0.717, 1.165) is 17.6 Å². The van der Waals surface area contributed by atoms with Gasteiger partial charge in [0.2, 0.25) is 0 Å². The van der Waals surface area contributed by atoms with Crippen LogP contribution in [-0.4, -0.2) is 27.5 Å². The number of aliphatic hydroxyl groups is 2. The smallest absolute Gasteiger partial charge is 0.117 e. The summed E-state index contributed by atoms with van der Waals surface area (Å²) in [5.74, 6) is -0.123. The molecule has 0 saturated heterocycles. The Morgan fingerprint density at radius 1 is 1.29 bits per heavy atom. The van der Waals surface area contributed by atoms with E-state index in [1.54, 1.807) is 18.2 Å². The standard InChI is InChI=1S/C20H29ClO3/c1-5-14(11-15-8-9-16(22)12-18(15)21)7-10-19(23)17(6-2)20(24)13(3)4/h6,8-9,11-13,17,19-20,22-24H,2,5,7,10H2,1,3-4H3/b14-11+/t17-,19-,20-/m1/s1. The van der Waals surface area contributed by atoms with Crippen LogP contribution < -0.4 is 0 Å². The Kier molecular flexibility index (Phi) is 8.54. The van der Waals surface area contributed by atoms with E-state index >= 15 is 0 Å². The topological polar surface area (TPSA) is 60.7 Å². The average Bonchev–Trinajstić information content (AvgIpc) is 2.53. The molecule has 0 spiro atoms. The Morgan fingerprint density at radius 2 is 1.96 bits per heavy atom. The molecule has 134 valence electrons. The van der Waals surface area contributed by atoms with Crippen molar-refractivity contribution in [2.45, 2.75) is 52.2 Å². The molecular formula is C20H29ClO3. The van der Waals surface area contributed by atoms with Gasteiger partial charge in [-0.05, 0) is 48.9 Å². The summed E-state index contributed by atoms with van der Waals surface area (Å²) in [5, 5.41) is 30.5. The summed E-state index contributed by atoms with van der Waals surface area (Å²) in [5.41, 5.74) is 2.01.